The van der Waals surface area contributed by atoms with Gasteiger partial charge in [-0.2, -0.15) is 0 Å². The molecule has 0 aromatic heterocycles. The Morgan fingerprint density at radius 1 is 1.11 bits per heavy atom. The third-order valence-electron chi connectivity index (χ3n) is 3.78. The van der Waals surface area contributed by atoms with E-state index in [4.69, 9.17) is 0 Å². The van der Waals surface area contributed by atoms with Crippen LogP contribution in [0, 0.1) is 0 Å². The zero-order valence-corrected chi connectivity index (χ0v) is 11.8. The van der Waals surface area contributed by atoms with Crippen LogP contribution in [0.25, 0.3) is 0 Å². The maximum Gasteiger partial charge on any atom is 0.0831 e. The summed E-state index contributed by atoms with van der Waals surface area (Å²) < 4.78 is 0. The highest BCUT2D eigenvalue weighted by Crippen LogP contribution is 2.22. The van der Waals surface area contributed by atoms with E-state index in [-0.39, 0.29) is 30.9 Å². The Hall–Kier alpha value is -0.320. The molecule has 18 heavy (non-hydrogen) atoms. The van der Waals surface area contributed by atoms with Gasteiger partial charge in [-0.15, -0.1) is 24.8 Å². The predicted molar refractivity (Wildman–Crippen MR) is 77.7 cm³/mol. The van der Waals surface area contributed by atoms with Crippen LogP contribution >= 0.6 is 24.8 Å². The summed E-state index contributed by atoms with van der Waals surface area (Å²) in [5.41, 5.74) is 2.90. The van der Waals surface area contributed by atoms with E-state index in [1.165, 1.54) is 11.1 Å². The van der Waals surface area contributed by atoms with E-state index in [1.54, 1.807) is 0 Å². The summed E-state index contributed by atoms with van der Waals surface area (Å²) in [5, 5.41) is 13.1. The van der Waals surface area contributed by atoms with E-state index < -0.39 is 0 Å². The molecular formula is C13H20Cl2N2O. The molecule has 1 aromatic rings. The fourth-order valence-electron chi connectivity index (χ4n) is 2.82. The van der Waals surface area contributed by atoms with Crippen molar-refractivity contribution in [2.45, 2.75) is 25.1 Å². The summed E-state index contributed by atoms with van der Waals surface area (Å²) in [7, 11) is 0. The molecule has 0 unspecified atom stereocenters. The average molecular weight is 291 g/mol. The van der Waals surface area contributed by atoms with Gasteiger partial charge < -0.3 is 10.4 Å². The fourth-order valence-corrected chi connectivity index (χ4v) is 2.82. The molecule has 0 radical (unpaired) electrons. The van der Waals surface area contributed by atoms with E-state index in [0.717, 1.165) is 32.6 Å². The van der Waals surface area contributed by atoms with Crippen molar-refractivity contribution in [1.29, 1.82) is 0 Å². The second-order valence-electron chi connectivity index (χ2n) is 4.78. The number of nitrogens with one attached hydrogen (secondary N) is 1. The van der Waals surface area contributed by atoms with Gasteiger partial charge in [-0.3, -0.25) is 4.90 Å². The average Bonchev–Trinajstić information content (AvgIpc) is 2.75. The van der Waals surface area contributed by atoms with Crippen LogP contribution in [0.4, 0.5) is 0 Å². The molecule has 2 atom stereocenters. The summed E-state index contributed by atoms with van der Waals surface area (Å²) in [6.45, 7) is 3.71. The minimum atomic E-state index is -0.203. The van der Waals surface area contributed by atoms with E-state index >= 15 is 0 Å². The van der Waals surface area contributed by atoms with Gasteiger partial charge in [0.05, 0.1) is 6.10 Å². The molecule has 0 saturated carbocycles. The number of nitrogens with zero attached hydrogens (tertiary/aromatic N) is 1. The smallest absolute Gasteiger partial charge is 0.0831 e. The molecule has 2 aliphatic rings. The highest BCUT2D eigenvalue weighted by Gasteiger charge is 2.32. The molecule has 102 valence electrons. The van der Waals surface area contributed by atoms with Crippen molar-refractivity contribution in [2.24, 2.45) is 0 Å². The lowest BCUT2D eigenvalue weighted by atomic mass is 9.98. The van der Waals surface area contributed by atoms with Crippen LogP contribution in [-0.2, 0) is 13.0 Å². The second kappa shape index (κ2) is 6.73. The van der Waals surface area contributed by atoms with Crippen molar-refractivity contribution in [3.05, 3.63) is 35.4 Å². The molecule has 0 amide bonds. The minimum absolute atomic E-state index is 0. The van der Waals surface area contributed by atoms with Gasteiger partial charge in [0.25, 0.3) is 0 Å². The molecule has 3 rings (SSSR count). The second-order valence-corrected chi connectivity index (χ2v) is 4.78. The van der Waals surface area contributed by atoms with Gasteiger partial charge in [-0.1, -0.05) is 24.3 Å². The molecule has 1 fully saturated rings. The van der Waals surface area contributed by atoms with E-state index in [2.05, 4.69) is 34.5 Å². The molecule has 0 bridgehead atoms. The molecular weight excluding hydrogens is 271 g/mol. The number of hydrogen-bond donors (Lipinski definition) is 2. The van der Waals surface area contributed by atoms with Crippen LogP contribution in [0.3, 0.4) is 0 Å². The fraction of sp³-hybridized carbons (Fsp3) is 0.538. The minimum Gasteiger partial charge on any atom is -0.390 e. The molecule has 0 spiro atoms. The van der Waals surface area contributed by atoms with Crippen molar-refractivity contribution < 1.29 is 5.11 Å². The first kappa shape index (κ1) is 15.7. The van der Waals surface area contributed by atoms with Gasteiger partial charge >= 0.3 is 0 Å². The highest BCUT2D eigenvalue weighted by atomic mass is 35.5. The predicted octanol–water partition coefficient (Wildman–Crippen LogP) is 1.22. The number of β-amino-alcohol motifs (C(OH)–C–C–N with tert-alkyl or cyclic N) is 1. The monoisotopic (exact) mass is 290 g/mol. The Bertz CT molecular complexity index is 389. The van der Waals surface area contributed by atoms with Crippen LogP contribution in [0.2, 0.25) is 0 Å². The van der Waals surface area contributed by atoms with Crippen LogP contribution < -0.4 is 5.32 Å². The van der Waals surface area contributed by atoms with E-state index in [9.17, 15) is 5.11 Å². The number of halogens is 2. The molecule has 5 heteroatoms. The van der Waals surface area contributed by atoms with Gasteiger partial charge in [-0.25, -0.2) is 0 Å². The van der Waals surface area contributed by atoms with Gasteiger partial charge in [0.15, 0.2) is 0 Å². The zero-order chi connectivity index (χ0) is 11.0. The molecule has 1 saturated heterocycles. The van der Waals surface area contributed by atoms with Crippen molar-refractivity contribution in [1.82, 2.24) is 10.2 Å². The lowest BCUT2D eigenvalue weighted by molar-refractivity contribution is 0.0747. The first-order chi connectivity index (χ1) is 7.84. The Balaban J connectivity index is 0.000000810. The van der Waals surface area contributed by atoms with E-state index in [0.29, 0.717) is 6.04 Å². The standard InChI is InChI=1S/C13H18N2O.2ClH/c16-13-8-14-7-12(13)15-6-5-10-3-1-2-4-11(10)9-15;;/h1-4,12-14,16H,5-9H2;2*1H/t12-,13-;;/m1../s1. The quantitative estimate of drug-likeness (QED) is 0.817. The number of aliphatic hydroxyl groups excluding tert-OH is 1. The van der Waals surface area contributed by atoms with Crippen LogP contribution in [0.1, 0.15) is 11.1 Å². The number of rotatable bonds is 1. The summed E-state index contributed by atoms with van der Waals surface area (Å²) in [5.74, 6) is 0. The van der Waals surface area contributed by atoms with Crippen LogP contribution in [-0.4, -0.2) is 41.8 Å². The molecule has 2 aliphatic heterocycles. The first-order valence-corrected chi connectivity index (χ1v) is 6.04. The topological polar surface area (TPSA) is 35.5 Å². The Labute approximate surface area is 120 Å². The van der Waals surface area contributed by atoms with Gasteiger partial charge in [0.1, 0.15) is 0 Å². The molecule has 2 heterocycles. The number of hydrogen-bond acceptors (Lipinski definition) is 3. The van der Waals surface area contributed by atoms with Crippen molar-refractivity contribution in [2.75, 3.05) is 19.6 Å². The van der Waals surface area contributed by atoms with Gasteiger partial charge in [0, 0.05) is 32.2 Å². The van der Waals surface area contributed by atoms with Crippen molar-refractivity contribution in [3.63, 3.8) is 0 Å². The van der Waals surface area contributed by atoms with Crippen molar-refractivity contribution in [3.8, 4) is 0 Å². The third-order valence-corrected chi connectivity index (χ3v) is 3.78. The summed E-state index contributed by atoms with van der Waals surface area (Å²) in [6, 6.07) is 8.94. The molecule has 3 nitrogen and oxygen atoms in total. The largest absolute Gasteiger partial charge is 0.390 e. The van der Waals surface area contributed by atoms with E-state index in [1.807, 2.05) is 0 Å². The van der Waals surface area contributed by atoms with Crippen LogP contribution in [0.5, 0.6) is 0 Å². The Morgan fingerprint density at radius 2 is 1.83 bits per heavy atom. The normalized spacial score (nSPS) is 26.9. The SMILES string of the molecule is Cl.Cl.O[C@@H]1CNC[C@H]1N1CCc2ccccc2C1. The highest BCUT2D eigenvalue weighted by molar-refractivity contribution is 5.85. The molecule has 1 aromatic carbocycles. The Kier molecular flexibility index (Phi) is 5.89. The lowest BCUT2D eigenvalue weighted by Crippen LogP contribution is -2.45. The van der Waals surface area contributed by atoms with Crippen molar-refractivity contribution >= 4 is 24.8 Å². The maximum atomic E-state index is 9.89. The number of fused-ring (bicyclic) bond motifs is 1. The number of aliphatic hydroxyl groups is 1. The zero-order valence-electron chi connectivity index (χ0n) is 10.2. The summed E-state index contributed by atoms with van der Waals surface area (Å²) in [6.07, 6.45) is 0.907. The Morgan fingerprint density at radius 3 is 2.50 bits per heavy atom. The third kappa shape index (κ3) is 2.98. The maximum absolute atomic E-state index is 9.89. The molecule has 2 N–H and O–H groups in total. The number of benzene rings is 1. The van der Waals surface area contributed by atoms with Gasteiger partial charge in [0.2, 0.25) is 0 Å². The molecule has 0 aliphatic carbocycles. The first-order valence-electron chi connectivity index (χ1n) is 6.04. The summed E-state index contributed by atoms with van der Waals surface area (Å²) >= 11 is 0. The van der Waals surface area contributed by atoms with Gasteiger partial charge in [-0.05, 0) is 17.5 Å². The van der Waals surface area contributed by atoms with Crippen LogP contribution in [0.15, 0.2) is 24.3 Å². The summed E-state index contributed by atoms with van der Waals surface area (Å²) in [4.78, 5) is 2.41. The lowest BCUT2D eigenvalue weighted by Gasteiger charge is -2.34.